The van der Waals surface area contributed by atoms with Crippen molar-refractivity contribution in [2.24, 2.45) is 0 Å². The number of ether oxygens (including phenoxy) is 1. The van der Waals surface area contributed by atoms with Crippen molar-refractivity contribution in [3.8, 4) is 0 Å². The first-order valence-corrected chi connectivity index (χ1v) is 4.42. The quantitative estimate of drug-likeness (QED) is 0.544. The summed E-state index contributed by atoms with van der Waals surface area (Å²) in [6.45, 7) is 6.98. The van der Waals surface area contributed by atoms with Crippen LogP contribution in [-0.4, -0.2) is 4.98 Å². The van der Waals surface area contributed by atoms with Gasteiger partial charge in [0.1, 0.15) is 18.2 Å². The number of pyridine rings is 1. The molecule has 0 aliphatic heterocycles. The summed E-state index contributed by atoms with van der Waals surface area (Å²) in [7, 11) is 0. The van der Waals surface area contributed by atoms with Crippen LogP contribution >= 0.6 is 0 Å². The highest BCUT2D eigenvalue weighted by Gasteiger charge is 1.96. The monoisotopic (exact) mass is 205 g/mol. The van der Waals surface area contributed by atoms with Gasteiger partial charge >= 0.3 is 0 Å². The van der Waals surface area contributed by atoms with E-state index in [9.17, 15) is 4.39 Å². The lowest BCUT2D eigenvalue weighted by Gasteiger charge is -2.05. The van der Waals surface area contributed by atoms with E-state index in [4.69, 9.17) is 4.74 Å². The van der Waals surface area contributed by atoms with Gasteiger partial charge in [-0.3, -0.25) is 4.98 Å². The highest BCUT2D eigenvalue weighted by molar-refractivity contribution is 5.19. The van der Waals surface area contributed by atoms with Crippen molar-refractivity contribution in [2.45, 2.75) is 6.61 Å². The maximum atomic E-state index is 12.5. The zero-order valence-corrected chi connectivity index (χ0v) is 8.32. The molecule has 0 spiro atoms. The molecule has 1 aromatic heterocycles. The minimum atomic E-state index is -0.556. The molecule has 0 fully saturated rings. The third-order valence-electron chi connectivity index (χ3n) is 1.65. The Morgan fingerprint density at radius 3 is 2.67 bits per heavy atom. The standard InChI is InChI=1S/C12H12FNO/c1-3-12(8-10(2)13)15-9-11-4-6-14-7-5-11/h3-8H,1-2,9H2/b12-8+. The molecule has 0 radical (unpaired) electrons. The minimum Gasteiger partial charge on any atom is -0.489 e. The van der Waals surface area contributed by atoms with Crippen LogP contribution in [0.2, 0.25) is 0 Å². The normalized spacial score (nSPS) is 10.9. The van der Waals surface area contributed by atoms with E-state index in [0.29, 0.717) is 12.4 Å². The fourth-order valence-electron chi connectivity index (χ4n) is 0.960. The second kappa shape index (κ2) is 5.75. The Kier molecular flexibility index (Phi) is 4.29. The fraction of sp³-hybridized carbons (Fsp3) is 0.0833. The summed E-state index contributed by atoms with van der Waals surface area (Å²) in [6.07, 6.45) is 5.97. The predicted octanol–water partition coefficient (Wildman–Crippen LogP) is 3.15. The highest BCUT2D eigenvalue weighted by Crippen LogP contribution is 2.08. The SMILES string of the molecule is C=C/C(=C\C(=C)F)OCc1ccncc1. The second-order valence-electron chi connectivity index (χ2n) is 2.84. The van der Waals surface area contributed by atoms with Crippen LogP contribution < -0.4 is 0 Å². The first-order valence-electron chi connectivity index (χ1n) is 4.42. The molecule has 1 aromatic rings. The predicted molar refractivity (Wildman–Crippen MR) is 57.6 cm³/mol. The van der Waals surface area contributed by atoms with Gasteiger partial charge in [0, 0.05) is 18.5 Å². The van der Waals surface area contributed by atoms with Crippen LogP contribution in [0, 0.1) is 0 Å². The van der Waals surface area contributed by atoms with Crippen LogP contribution in [0.3, 0.4) is 0 Å². The van der Waals surface area contributed by atoms with Gasteiger partial charge in [-0.25, -0.2) is 4.39 Å². The molecule has 0 N–H and O–H groups in total. The molecule has 0 aromatic carbocycles. The van der Waals surface area contributed by atoms with Crippen molar-refractivity contribution >= 4 is 0 Å². The third kappa shape index (κ3) is 4.22. The number of allylic oxidation sites excluding steroid dienone is 3. The number of nitrogens with zero attached hydrogens (tertiary/aromatic N) is 1. The molecule has 2 nitrogen and oxygen atoms in total. The van der Waals surface area contributed by atoms with E-state index in [1.807, 2.05) is 12.1 Å². The first-order chi connectivity index (χ1) is 7.22. The Labute approximate surface area is 88.4 Å². The second-order valence-corrected chi connectivity index (χ2v) is 2.84. The molecule has 0 aliphatic carbocycles. The lowest BCUT2D eigenvalue weighted by Crippen LogP contribution is -1.91. The fourth-order valence-corrected chi connectivity index (χ4v) is 0.960. The molecular weight excluding hydrogens is 193 g/mol. The van der Waals surface area contributed by atoms with Gasteiger partial charge in [0.25, 0.3) is 0 Å². The van der Waals surface area contributed by atoms with Crippen molar-refractivity contribution in [2.75, 3.05) is 0 Å². The van der Waals surface area contributed by atoms with Crippen LogP contribution in [0.1, 0.15) is 5.56 Å². The molecule has 0 unspecified atom stereocenters. The molecule has 0 saturated carbocycles. The van der Waals surface area contributed by atoms with E-state index < -0.39 is 5.83 Å². The molecule has 1 rings (SSSR count). The maximum Gasteiger partial charge on any atom is 0.122 e. The Morgan fingerprint density at radius 2 is 2.13 bits per heavy atom. The van der Waals surface area contributed by atoms with Crippen molar-refractivity contribution in [1.82, 2.24) is 4.98 Å². The molecule has 15 heavy (non-hydrogen) atoms. The van der Waals surface area contributed by atoms with Gasteiger partial charge in [-0.15, -0.1) is 0 Å². The Bertz CT molecular complexity index is 370. The van der Waals surface area contributed by atoms with Crippen LogP contribution in [0.5, 0.6) is 0 Å². The molecule has 0 aliphatic rings. The summed E-state index contributed by atoms with van der Waals surface area (Å²) in [5, 5.41) is 0. The van der Waals surface area contributed by atoms with Gasteiger partial charge in [0.2, 0.25) is 0 Å². The zero-order valence-electron chi connectivity index (χ0n) is 8.32. The highest BCUT2D eigenvalue weighted by atomic mass is 19.1. The van der Waals surface area contributed by atoms with Crippen molar-refractivity contribution in [3.05, 3.63) is 67.0 Å². The lowest BCUT2D eigenvalue weighted by atomic mass is 10.3. The zero-order chi connectivity index (χ0) is 11.1. The summed E-state index contributed by atoms with van der Waals surface area (Å²) in [4.78, 5) is 3.88. The first kappa shape index (κ1) is 11.2. The van der Waals surface area contributed by atoms with Gasteiger partial charge in [-0.2, -0.15) is 0 Å². The molecule has 0 atom stereocenters. The number of hydrogen-bond donors (Lipinski definition) is 0. The van der Waals surface area contributed by atoms with Crippen LogP contribution in [-0.2, 0) is 11.3 Å². The van der Waals surface area contributed by atoms with E-state index in [0.717, 1.165) is 5.56 Å². The summed E-state index contributed by atoms with van der Waals surface area (Å²) in [5.74, 6) is -0.195. The molecule has 0 amide bonds. The van der Waals surface area contributed by atoms with Gasteiger partial charge in [0.05, 0.1) is 0 Å². The summed E-state index contributed by atoms with van der Waals surface area (Å²) in [6, 6.07) is 3.65. The minimum absolute atomic E-state index is 0.355. The smallest absolute Gasteiger partial charge is 0.122 e. The van der Waals surface area contributed by atoms with Gasteiger partial charge in [-0.05, 0) is 23.8 Å². The lowest BCUT2D eigenvalue weighted by molar-refractivity contribution is 0.210. The van der Waals surface area contributed by atoms with E-state index >= 15 is 0 Å². The van der Waals surface area contributed by atoms with Crippen molar-refractivity contribution in [3.63, 3.8) is 0 Å². The largest absolute Gasteiger partial charge is 0.489 e. The summed E-state index contributed by atoms with van der Waals surface area (Å²) < 4.78 is 17.8. The Balaban J connectivity index is 2.56. The number of hydrogen-bond acceptors (Lipinski definition) is 2. The molecule has 0 saturated heterocycles. The Morgan fingerprint density at radius 1 is 1.47 bits per heavy atom. The van der Waals surface area contributed by atoms with Crippen LogP contribution in [0.15, 0.2) is 61.4 Å². The average molecular weight is 205 g/mol. The topological polar surface area (TPSA) is 22.1 Å². The summed E-state index contributed by atoms with van der Waals surface area (Å²) in [5.41, 5.74) is 0.960. The van der Waals surface area contributed by atoms with Gasteiger partial charge < -0.3 is 4.74 Å². The van der Waals surface area contributed by atoms with E-state index in [1.165, 1.54) is 12.2 Å². The van der Waals surface area contributed by atoms with Crippen molar-refractivity contribution in [1.29, 1.82) is 0 Å². The van der Waals surface area contributed by atoms with E-state index in [1.54, 1.807) is 12.4 Å². The van der Waals surface area contributed by atoms with Crippen LogP contribution in [0.4, 0.5) is 4.39 Å². The van der Waals surface area contributed by atoms with E-state index in [-0.39, 0.29) is 0 Å². The molecule has 1 heterocycles. The molecule has 0 bridgehead atoms. The average Bonchev–Trinajstić information content (AvgIpc) is 2.25. The molecule has 3 heteroatoms. The molecule has 78 valence electrons. The van der Waals surface area contributed by atoms with E-state index in [2.05, 4.69) is 18.1 Å². The Hall–Kier alpha value is -1.90. The molecular formula is C12H12FNO. The maximum absolute atomic E-state index is 12.5. The number of aromatic nitrogens is 1. The van der Waals surface area contributed by atoms with Crippen LogP contribution in [0.25, 0.3) is 0 Å². The van der Waals surface area contributed by atoms with Gasteiger partial charge in [0.15, 0.2) is 0 Å². The number of rotatable bonds is 5. The third-order valence-corrected chi connectivity index (χ3v) is 1.65. The summed E-state index contributed by atoms with van der Waals surface area (Å²) >= 11 is 0. The van der Waals surface area contributed by atoms with Gasteiger partial charge in [-0.1, -0.05) is 13.2 Å². The number of halogens is 1. The van der Waals surface area contributed by atoms with Crippen molar-refractivity contribution < 1.29 is 9.13 Å².